The van der Waals surface area contributed by atoms with Gasteiger partial charge in [0.05, 0.1) is 12.0 Å². The normalized spacial score (nSPS) is 27.2. The van der Waals surface area contributed by atoms with E-state index in [2.05, 4.69) is 9.97 Å². The second-order valence-corrected chi connectivity index (χ2v) is 7.47. The Bertz CT molecular complexity index is 827. The maximum Gasteiger partial charge on any atom is 0.350 e. The van der Waals surface area contributed by atoms with Crippen molar-refractivity contribution in [2.45, 2.75) is 24.5 Å². The van der Waals surface area contributed by atoms with E-state index in [4.69, 9.17) is 36.6 Å². The molecule has 0 unspecified atom stereocenters. The zero-order valence-electron chi connectivity index (χ0n) is 12.6. The van der Waals surface area contributed by atoms with Gasteiger partial charge in [-0.1, -0.05) is 0 Å². The monoisotopic (exact) mass is 394 g/mol. The lowest BCUT2D eigenvalue weighted by Gasteiger charge is -2.17. The third-order valence-corrected chi connectivity index (χ3v) is 4.42. The Labute approximate surface area is 146 Å². The Morgan fingerprint density at radius 2 is 2.08 bits per heavy atom. The molecule has 0 saturated carbocycles. The highest BCUT2D eigenvalue weighted by atomic mass is 35.5. The Kier molecular flexibility index (Phi) is 5.02. The number of rotatable bonds is 5. The van der Waals surface area contributed by atoms with Crippen molar-refractivity contribution in [2.75, 3.05) is 18.7 Å². The summed E-state index contributed by atoms with van der Waals surface area (Å²) in [5, 5.41) is 20.7. The molecule has 25 heavy (non-hydrogen) atoms. The van der Waals surface area contributed by atoms with E-state index in [0.717, 1.165) is 0 Å². The van der Waals surface area contributed by atoms with E-state index < -0.39 is 38.5 Å². The minimum atomic E-state index is -4.34. The van der Waals surface area contributed by atoms with E-state index in [1.165, 1.54) is 4.57 Å². The van der Waals surface area contributed by atoms with Gasteiger partial charge in [-0.25, -0.2) is 4.98 Å². The fraction of sp³-hybridized carbons (Fsp3) is 0.500. The topological polar surface area (TPSA) is 173 Å². The van der Waals surface area contributed by atoms with E-state index in [9.17, 15) is 14.8 Å². The molecule has 6 N–H and O–H groups in total. The lowest BCUT2D eigenvalue weighted by atomic mass is 10.1. The summed E-state index contributed by atoms with van der Waals surface area (Å²) in [6.45, 7) is -0.309. The number of anilines is 1. The number of hydrogen-bond acceptors (Lipinski definition) is 8. The average molecular weight is 395 g/mol. The van der Waals surface area contributed by atoms with Crippen LogP contribution < -0.4 is 5.73 Å². The van der Waals surface area contributed by atoms with Gasteiger partial charge in [-0.3, -0.25) is 4.57 Å². The average Bonchev–Trinajstić information content (AvgIpc) is 3.02. The highest BCUT2D eigenvalue weighted by Crippen LogP contribution is 2.36. The first-order valence-corrected chi connectivity index (χ1v) is 9.28. The molecule has 1 aliphatic heterocycles. The first kappa shape index (κ1) is 18.5. The number of nitrogens with zero attached hydrogens (tertiary/aromatic N) is 3. The van der Waals surface area contributed by atoms with Gasteiger partial charge in [0, 0.05) is 6.20 Å². The third-order valence-electron chi connectivity index (χ3n) is 3.73. The van der Waals surface area contributed by atoms with Crippen LogP contribution in [0.25, 0.3) is 11.0 Å². The summed E-state index contributed by atoms with van der Waals surface area (Å²) in [6, 6.07) is 1.61. The van der Waals surface area contributed by atoms with Gasteiger partial charge in [0.1, 0.15) is 36.1 Å². The van der Waals surface area contributed by atoms with Crippen LogP contribution in [0.4, 0.5) is 5.82 Å². The summed E-state index contributed by atoms with van der Waals surface area (Å²) in [4.78, 5) is 25.4. The number of aromatic nitrogens is 3. The molecule has 138 valence electrons. The Morgan fingerprint density at radius 1 is 1.36 bits per heavy atom. The van der Waals surface area contributed by atoms with Gasteiger partial charge in [0.2, 0.25) is 5.28 Å². The fourth-order valence-corrected chi connectivity index (χ4v) is 3.13. The Hall–Kier alpha value is -1.30. The second-order valence-electron chi connectivity index (χ2n) is 5.55. The zero-order chi connectivity index (χ0) is 18.4. The summed E-state index contributed by atoms with van der Waals surface area (Å²) in [7, 11) is -4.34. The first-order chi connectivity index (χ1) is 11.7. The van der Waals surface area contributed by atoms with Crippen molar-refractivity contribution >= 4 is 36.0 Å². The molecule has 13 heteroatoms. The molecule has 0 bridgehead atoms. The Morgan fingerprint density at radius 3 is 2.76 bits per heavy atom. The number of ether oxygens (including phenoxy) is 2. The number of nitrogen functional groups attached to an aromatic ring is 1. The van der Waals surface area contributed by atoms with Crippen LogP contribution in [-0.4, -0.2) is 65.8 Å². The van der Waals surface area contributed by atoms with Crippen LogP contribution in [0.1, 0.15) is 6.23 Å². The van der Waals surface area contributed by atoms with Gasteiger partial charge in [0.25, 0.3) is 0 Å². The fourth-order valence-electron chi connectivity index (χ4n) is 2.62. The van der Waals surface area contributed by atoms with Crippen molar-refractivity contribution in [3.05, 3.63) is 17.5 Å². The van der Waals surface area contributed by atoms with Gasteiger partial charge in [0.15, 0.2) is 6.23 Å². The third kappa shape index (κ3) is 3.78. The maximum atomic E-state index is 10.8. The molecule has 1 saturated heterocycles. The summed E-state index contributed by atoms with van der Waals surface area (Å²) < 4.78 is 22.7. The maximum absolute atomic E-state index is 10.8. The first-order valence-electron chi connectivity index (χ1n) is 7.11. The van der Waals surface area contributed by atoms with E-state index in [1.807, 2.05) is 0 Å². The van der Waals surface area contributed by atoms with Crippen LogP contribution in [0.2, 0.25) is 5.28 Å². The van der Waals surface area contributed by atoms with Gasteiger partial charge in [-0.2, -0.15) is 4.98 Å². The predicted octanol–water partition coefficient (Wildman–Crippen LogP) is -0.562. The van der Waals surface area contributed by atoms with Crippen LogP contribution in [0.5, 0.6) is 0 Å². The molecule has 0 spiro atoms. The molecule has 0 aliphatic carbocycles. The van der Waals surface area contributed by atoms with E-state index >= 15 is 0 Å². The summed E-state index contributed by atoms with van der Waals surface area (Å²) in [5.74, 6) is 0.156. The van der Waals surface area contributed by atoms with Crippen molar-refractivity contribution in [2.24, 2.45) is 0 Å². The van der Waals surface area contributed by atoms with Gasteiger partial charge in [-0.15, -0.1) is 0 Å². The molecule has 3 rings (SSSR count). The lowest BCUT2D eigenvalue weighted by molar-refractivity contribution is -0.0610. The second kappa shape index (κ2) is 6.78. The Balaban J connectivity index is 1.80. The number of fused-ring (bicyclic) bond motifs is 1. The van der Waals surface area contributed by atoms with Crippen molar-refractivity contribution in [1.82, 2.24) is 14.5 Å². The smallest absolute Gasteiger partial charge is 0.350 e. The molecule has 0 aromatic carbocycles. The van der Waals surface area contributed by atoms with E-state index in [1.54, 1.807) is 12.3 Å². The SMILES string of the molecule is Nc1nc(Cl)nc2c1ccn2[C@@H]1O[C@H](COCP(=O)(O)O)[C@@H](O)[C@H]1O. The van der Waals surface area contributed by atoms with Crippen LogP contribution >= 0.6 is 19.2 Å². The summed E-state index contributed by atoms with van der Waals surface area (Å²) in [5.41, 5.74) is 6.08. The highest BCUT2D eigenvalue weighted by Gasteiger charge is 2.44. The molecule has 0 amide bonds. The molecular weight excluding hydrogens is 379 g/mol. The minimum Gasteiger partial charge on any atom is -0.387 e. The van der Waals surface area contributed by atoms with Crippen molar-refractivity contribution < 1.29 is 34.0 Å². The molecule has 2 aromatic heterocycles. The summed E-state index contributed by atoms with van der Waals surface area (Å²) in [6.07, 6.45) is -3.92. The van der Waals surface area contributed by atoms with Gasteiger partial charge < -0.3 is 39.8 Å². The summed E-state index contributed by atoms with van der Waals surface area (Å²) >= 11 is 5.80. The van der Waals surface area contributed by atoms with Crippen molar-refractivity contribution in [1.29, 1.82) is 0 Å². The molecule has 1 fully saturated rings. The van der Waals surface area contributed by atoms with Gasteiger partial charge >= 0.3 is 7.60 Å². The molecular formula is C12H16ClN4O7P. The van der Waals surface area contributed by atoms with E-state index in [-0.39, 0.29) is 17.7 Å². The quantitative estimate of drug-likeness (QED) is 0.326. The zero-order valence-corrected chi connectivity index (χ0v) is 14.3. The lowest BCUT2D eigenvalue weighted by Crippen LogP contribution is -2.33. The molecule has 11 nitrogen and oxygen atoms in total. The number of halogens is 1. The molecule has 3 heterocycles. The molecule has 4 atom stereocenters. The van der Waals surface area contributed by atoms with Crippen LogP contribution in [0, 0.1) is 0 Å². The minimum absolute atomic E-state index is 0.0838. The number of hydrogen-bond donors (Lipinski definition) is 5. The molecule has 1 aliphatic rings. The van der Waals surface area contributed by atoms with Crippen LogP contribution in [-0.2, 0) is 14.0 Å². The van der Waals surface area contributed by atoms with Crippen LogP contribution in [0.3, 0.4) is 0 Å². The largest absolute Gasteiger partial charge is 0.387 e. The number of aliphatic hydroxyl groups excluding tert-OH is 2. The number of nitrogens with two attached hydrogens (primary N) is 1. The predicted molar refractivity (Wildman–Crippen MR) is 85.7 cm³/mol. The van der Waals surface area contributed by atoms with Gasteiger partial charge in [-0.05, 0) is 17.7 Å². The molecule has 0 radical (unpaired) electrons. The van der Waals surface area contributed by atoms with Crippen LogP contribution in [0.15, 0.2) is 12.3 Å². The number of aliphatic hydroxyl groups is 2. The standard InChI is InChI=1S/C12H16ClN4O7P/c13-12-15-9(14)5-1-2-17(10(5)16-12)11-8(19)7(18)6(24-11)3-23-4-25(20,21)22/h1-2,6-8,11,18-19H,3-4H2,(H2,14,15,16)(H2,20,21,22)/t6-,7-,8-,11-/m1/s1. The highest BCUT2D eigenvalue weighted by molar-refractivity contribution is 7.51. The van der Waals surface area contributed by atoms with Crippen molar-refractivity contribution in [3.63, 3.8) is 0 Å². The molecule has 2 aromatic rings. The van der Waals surface area contributed by atoms with E-state index in [0.29, 0.717) is 11.0 Å². The van der Waals surface area contributed by atoms with Crippen molar-refractivity contribution in [3.8, 4) is 0 Å².